The molecular formula is C14H13BrINO. The fourth-order valence-corrected chi connectivity index (χ4v) is 1.85. The van der Waals surface area contributed by atoms with Crippen LogP contribution in [-0.2, 0) is 7.05 Å². The number of hydrogen-bond acceptors (Lipinski definition) is 1. The van der Waals surface area contributed by atoms with Crippen LogP contribution in [0.25, 0.3) is 12.2 Å². The fraction of sp³-hybridized carbons (Fsp3) is 0.0714. The van der Waals surface area contributed by atoms with Gasteiger partial charge in [-0.1, -0.05) is 28.1 Å². The molecule has 0 amide bonds. The number of phenolic OH excluding ortho intramolecular Hbond substituents is 1. The van der Waals surface area contributed by atoms with Gasteiger partial charge in [-0.25, -0.2) is 4.57 Å². The third-order valence-electron chi connectivity index (χ3n) is 2.45. The first-order chi connectivity index (χ1) is 8.15. The summed E-state index contributed by atoms with van der Waals surface area (Å²) in [7, 11) is 1.98. The smallest absolute Gasteiger partial charge is 0.169 e. The quantitative estimate of drug-likeness (QED) is 0.546. The second-order valence-electron chi connectivity index (χ2n) is 3.83. The molecule has 0 fully saturated rings. The third kappa shape index (κ3) is 4.10. The topological polar surface area (TPSA) is 24.1 Å². The minimum absolute atomic E-state index is 0. The molecule has 94 valence electrons. The molecule has 0 saturated heterocycles. The summed E-state index contributed by atoms with van der Waals surface area (Å²) in [5.41, 5.74) is 1.90. The first-order valence-corrected chi connectivity index (χ1v) is 6.06. The average Bonchev–Trinajstić information content (AvgIpc) is 2.32. The number of halogens is 2. The Morgan fingerprint density at radius 1 is 1.11 bits per heavy atom. The van der Waals surface area contributed by atoms with Crippen molar-refractivity contribution in [3.8, 4) is 5.75 Å². The Bertz CT molecular complexity index is 552. The lowest BCUT2D eigenvalue weighted by molar-refractivity contribution is -0.671. The van der Waals surface area contributed by atoms with Crippen molar-refractivity contribution in [2.24, 2.45) is 7.05 Å². The SMILES string of the molecule is C[n+]1ccc(/C=C/c2cc(Br)ccc2O)cc1.[I-]. The van der Waals surface area contributed by atoms with Crippen molar-refractivity contribution in [2.45, 2.75) is 0 Å². The minimum Gasteiger partial charge on any atom is -1.00 e. The molecular weight excluding hydrogens is 405 g/mol. The van der Waals surface area contributed by atoms with Crippen molar-refractivity contribution < 1.29 is 33.7 Å². The molecule has 2 nitrogen and oxygen atoms in total. The molecule has 1 aromatic heterocycles. The van der Waals surface area contributed by atoms with Crippen LogP contribution < -0.4 is 28.5 Å². The van der Waals surface area contributed by atoms with Gasteiger partial charge in [0, 0.05) is 22.2 Å². The molecule has 1 N–H and O–H groups in total. The number of nitrogens with zero attached hydrogens (tertiary/aromatic N) is 1. The van der Waals surface area contributed by atoms with E-state index in [-0.39, 0.29) is 29.7 Å². The van der Waals surface area contributed by atoms with Crippen LogP contribution in [-0.4, -0.2) is 5.11 Å². The molecule has 0 spiro atoms. The van der Waals surface area contributed by atoms with Gasteiger partial charge in [-0.3, -0.25) is 0 Å². The van der Waals surface area contributed by atoms with Gasteiger partial charge in [0.2, 0.25) is 0 Å². The summed E-state index contributed by atoms with van der Waals surface area (Å²) in [5.74, 6) is 0.283. The van der Waals surface area contributed by atoms with Gasteiger partial charge in [0.15, 0.2) is 12.4 Å². The van der Waals surface area contributed by atoms with Crippen molar-refractivity contribution >= 4 is 28.1 Å². The van der Waals surface area contributed by atoms with E-state index in [0.717, 1.165) is 15.6 Å². The zero-order valence-corrected chi connectivity index (χ0v) is 13.6. The predicted octanol–water partition coefficient (Wildman–Crippen LogP) is 0.154. The molecule has 2 rings (SSSR count). The molecule has 0 aliphatic carbocycles. The number of aryl methyl sites for hydroxylation is 1. The number of aromatic nitrogens is 1. The second-order valence-corrected chi connectivity index (χ2v) is 4.75. The van der Waals surface area contributed by atoms with Crippen molar-refractivity contribution in [3.05, 3.63) is 58.3 Å². The highest BCUT2D eigenvalue weighted by molar-refractivity contribution is 9.10. The number of pyridine rings is 1. The summed E-state index contributed by atoms with van der Waals surface area (Å²) in [6, 6.07) is 9.41. The van der Waals surface area contributed by atoms with Gasteiger partial charge in [-0.05, 0) is 23.8 Å². The normalized spacial score (nSPS) is 10.3. The van der Waals surface area contributed by atoms with Crippen LogP contribution in [0.5, 0.6) is 5.75 Å². The van der Waals surface area contributed by atoms with Crippen LogP contribution in [0.2, 0.25) is 0 Å². The highest BCUT2D eigenvalue weighted by atomic mass is 127. The summed E-state index contributed by atoms with van der Waals surface area (Å²) in [4.78, 5) is 0. The van der Waals surface area contributed by atoms with Crippen molar-refractivity contribution in [2.75, 3.05) is 0 Å². The van der Waals surface area contributed by atoms with Gasteiger partial charge in [-0.15, -0.1) is 0 Å². The zero-order valence-electron chi connectivity index (χ0n) is 9.85. The lowest BCUT2D eigenvalue weighted by Crippen LogP contribution is -3.00. The lowest BCUT2D eigenvalue weighted by atomic mass is 10.1. The molecule has 2 aromatic rings. The Morgan fingerprint density at radius 3 is 2.44 bits per heavy atom. The van der Waals surface area contributed by atoms with Gasteiger partial charge in [0.05, 0.1) is 0 Å². The Hall–Kier alpha value is -0.880. The van der Waals surface area contributed by atoms with E-state index < -0.39 is 0 Å². The summed E-state index contributed by atoms with van der Waals surface area (Å²) < 4.78 is 2.93. The van der Waals surface area contributed by atoms with Crippen LogP contribution in [0, 0.1) is 0 Å². The Labute approximate surface area is 132 Å². The molecule has 0 saturated carbocycles. The van der Waals surface area contributed by atoms with Gasteiger partial charge >= 0.3 is 0 Å². The van der Waals surface area contributed by atoms with Crippen molar-refractivity contribution in [1.29, 1.82) is 0 Å². The Kier molecular flexibility index (Phi) is 5.81. The molecule has 0 unspecified atom stereocenters. The molecule has 0 bridgehead atoms. The number of rotatable bonds is 2. The van der Waals surface area contributed by atoms with E-state index in [1.165, 1.54) is 0 Å². The maximum atomic E-state index is 9.68. The molecule has 0 atom stereocenters. The van der Waals surface area contributed by atoms with E-state index in [9.17, 15) is 5.11 Å². The maximum Gasteiger partial charge on any atom is 0.169 e. The van der Waals surface area contributed by atoms with Crippen LogP contribution in [0.3, 0.4) is 0 Å². The van der Waals surface area contributed by atoms with E-state index in [0.29, 0.717) is 0 Å². The minimum atomic E-state index is 0. The Morgan fingerprint density at radius 2 is 1.78 bits per heavy atom. The molecule has 1 aromatic carbocycles. The zero-order chi connectivity index (χ0) is 12.3. The largest absolute Gasteiger partial charge is 1.00 e. The van der Waals surface area contributed by atoms with Gasteiger partial charge in [-0.2, -0.15) is 0 Å². The standard InChI is InChI=1S/C14H12BrNO.HI/c1-16-8-6-11(7-9-16)2-3-12-10-13(15)4-5-14(12)17;/h2-10H,1H3;1H. The fourth-order valence-electron chi connectivity index (χ4n) is 1.47. The molecule has 18 heavy (non-hydrogen) atoms. The maximum absolute atomic E-state index is 9.68. The predicted molar refractivity (Wildman–Crippen MR) is 72.4 cm³/mol. The second kappa shape index (κ2) is 6.89. The van der Waals surface area contributed by atoms with E-state index in [4.69, 9.17) is 0 Å². The van der Waals surface area contributed by atoms with E-state index in [2.05, 4.69) is 15.9 Å². The summed E-state index contributed by atoms with van der Waals surface area (Å²) in [6.07, 6.45) is 7.85. The molecule has 0 aliphatic rings. The molecule has 4 heteroatoms. The van der Waals surface area contributed by atoms with Crippen LogP contribution in [0.4, 0.5) is 0 Å². The van der Waals surface area contributed by atoms with E-state index >= 15 is 0 Å². The van der Waals surface area contributed by atoms with E-state index in [1.807, 2.05) is 60.4 Å². The first kappa shape index (κ1) is 15.2. The summed E-state index contributed by atoms with van der Waals surface area (Å²) in [6.45, 7) is 0. The number of aromatic hydroxyl groups is 1. The summed E-state index contributed by atoms with van der Waals surface area (Å²) >= 11 is 3.38. The first-order valence-electron chi connectivity index (χ1n) is 5.27. The molecule has 0 radical (unpaired) electrons. The summed E-state index contributed by atoms with van der Waals surface area (Å²) in [5, 5.41) is 9.68. The van der Waals surface area contributed by atoms with Crippen LogP contribution in [0.15, 0.2) is 47.2 Å². The van der Waals surface area contributed by atoms with Gasteiger partial charge in [0.1, 0.15) is 12.8 Å². The number of hydrogen-bond donors (Lipinski definition) is 1. The molecule has 0 aliphatic heterocycles. The van der Waals surface area contributed by atoms with Crippen LogP contribution >= 0.6 is 15.9 Å². The lowest BCUT2D eigenvalue weighted by Gasteiger charge is -1.99. The highest BCUT2D eigenvalue weighted by Crippen LogP contribution is 2.23. The van der Waals surface area contributed by atoms with Crippen molar-refractivity contribution in [3.63, 3.8) is 0 Å². The Balaban J connectivity index is 0.00000162. The van der Waals surface area contributed by atoms with Crippen LogP contribution in [0.1, 0.15) is 11.1 Å². The van der Waals surface area contributed by atoms with Gasteiger partial charge < -0.3 is 29.1 Å². The number of phenols is 1. The molecule has 1 heterocycles. The number of benzene rings is 1. The monoisotopic (exact) mass is 417 g/mol. The highest BCUT2D eigenvalue weighted by Gasteiger charge is 1.98. The average molecular weight is 418 g/mol. The third-order valence-corrected chi connectivity index (χ3v) is 2.94. The van der Waals surface area contributed by atoms with E-state index in [1.54, 1.807) is 6.07 Å². The van der Waals surface area contributed by atoms with Crippen molar-refractivity contribution in [1.82, 2.24) is 0 Å². The van der Waals surface area contributed by atoms with Gasteiger partial charge in [0.25, 0.3) is 0 Å².